The van der Waals surface area contributed by atoms with Crippen LogP contribution in [-0.4, -0.2) is 30.3 Å². The van der Waals surface area contributed by atoms with Gasteiger partial charge in [0.2, 0.25) is 0 Å². The fourth-order valence-electron chi connectivity index (χ4n) is 2.26. The molecule has 2 N–H and O–H groups in total. The van der Waals surface area contributed by atoms with Gasteiger partial charge in [0.15, 0.2) is 0 Å². The van der Waals surface area contributed by atoms with E-state index in [0.29, 0.717) is 23.3 Å². The first-order valence-corrected chi connectivity index (χ1v) is 6.30. The van der Waals surface area contributed by atoms with E-state index >= 15 is 0 Å². The molecule has 0 unspecified atom stereocenters. The van der Waals surface area contributed by atoms with Crippen molar-refractivity contribution in [2.24, 2.45) is 0 Å². The number of nitrogen functional groups attached to an aromatic ring is 1. The van der Waals surface area contributed by atoms with Crippen LogP contribution in [0, 0.1) is 0 Å². The Morgan fingerprint density at radius 3 is 2.84 bits per heavy atom. The summed E-state index contributed by atoms with van der Waals surface area (Å²) in [5.74, 6) is 1.74. The summed E-state index contributed by atoms with van der Waals surface area (Å²) in [6, 6.07) is 5.36. The van der Waals surface area contributed by atoms with Crippen molar-refractivity contribution in [2.45, 2.75) is 12.8 Å². The highest BCUT2D eigenvalue weighted by molar-refractivity contribution is 5.67. The zero-order chi connectivity index (χ0) is 13.2. The van der Waals surface area contributed by atoms with E-state index in [9.17, 15) is 0 Å². The standard InChI is InChI=1S/C13H16N4O2/c1-18-11-8-9(14)4-5-10(11)12-15-13(16-19-12)17-6-2-3-7-17/h4-5,8H,2-3,6-7,14H2,1H3. The Balaban J connectivity index is 1.93. The van der Waals surface area contributed by atoms with Gasteiger partial charge < -0.3 is 19.9 Å². The van der Waals surface area contributed by atoms with Crippen molar-refractivity contribution in [1.82, 2.24) is 10.1 Å². The molecule has 3 rings (SSSR count). The molecule has 0 bridgehead atoms. The average molecular weight is 260 g/mol. The molecule has 1 saturated heterocycles. The van der Waals surface area contributed by atoms with Gasteiger partial charge in [0, 0.05) is 24.8 Å². The molecule has 6 nitrogen and oxygen atoms in total. The summed E-state index contributed by atoms with van der Waals surface area (Å²) in [6.45, 7) is 1.97. The van der Waals surface area contributed by atoms with E-state index < -0.39 is 0 Å². The first-order chi connectivity index (χ1) is 9.28. The van der Waals surface area contributed by atoms with Gasteiger partial charge in [0.05, 0.1) is 12.7 Å². The minimum Gasteiger partial charge on any atom is -0.496 e. The third-order valence-electron chi connectivity index (χ3n) is 3.26. The number of methoxy groups -OCH3 is 1. The summed E-state index contributed by atoms with van der Waals surface area (Å²) >= 11 is 0. The van der Waals surface area contributed by atoms with Gasteiger partial charge in [-0.15, -0.1) is 0 Å². The molecule has 1 fully saturated rings. The van der Waals surface area contributed by atoms with Crippen LogP contribution in [0.2, 0.25) is 0 Å². The van der Waals surface area contributed by atoms with Crippen molar-refractivity contribution >= 4 is 11.6 Å². The lowest BCUT2D eigenvalue weighted by atomic mass is 10.2. The second-order valence-corrected chi connectivity index (χ2v) is 4.55. The van der Waals surface area contributed by atoms with Crippen LogP contribution in [0.3, 0.4) is 0 Å². The fraction of sp³-hybridized carbons (Fsp3) is 0.385. The Morgan fingerprint density at radius 1 is 1.32 bits per heavy atom. The molecule has 0 amide bonds. The Hall–Kier alpha value is -2.24. The number of aromatic nitrogens is 2. The molecule has 0 atom stereocenters. The second-order valence-electron chi connectivity index (χ2n) is 4.55. The van der Waals surface area contributed by atoms with Crippen LogP contribution in [0.1, 0.15) is 12.8 Å². The molecule has 0 radical (unpaired) electrons. The van der Waals surface area contributed by atoms with Gasteiger partial charge in [-0.3, -0.25) is 0 Å². The molecular formula is C13H16N4O2. The van der Waals surface area contributed by atoms with Crippen molar-refractivity contribution in [1.29, 1.82) is 0 Å². The minimum absolute atomic E-state index is 0.457. The molecule has 2 aromatic rings. The van der Waals surface area contributed by atoms with E-state index in [0.717, 1.165) is 18.7 Å². The van der Waals surface area contributed by atoms with E-state index in [2.05, 4.69) is 15.0 Å². The number of benzene rings is 1. The van der Waals surface area contributed by atoms with Gasteiger partial charge in [0.1, 0.15) is 5.75 Å². The molecule has 0 saturated carbocycles. The third-order valence-corrected chi connectivity index (χ3v) is 3.26. The Labute approximate surface area is 111 Å². The number of hydrogen-bond acceptors (Lipinski definition) is 6. The van der Waals surface area contributed by atoms with Gasteiger partial charge >= 0.3 is 0 Å². The summed E-state index contributed by atoms with van der Waals surface area (Å²) < 4.78 is 10.6. The smallest absolute Gasteiger partial charge is 0.266 e. The number of ether oxygens (including phenoxy) is 1. The van der Waals surface area contributed by atoms with E-state index in [4.69, 9.17) is 15.0 Å². The van der Waals surface area contributed by atoms with Crippen LogP contribution in [-0.2, 0) is 0 Å². The van der Waals surface area contributed by atoms with Crippen molar-refractivity contribution < 1.29 is 9.26 Å². The van der Waals surface area contributed by atoms with Crippen molar-refractivity contribution in [2.75, 3.05) is 30.8 Å². The third kappa shape index (κ3) is 2.21. The molecule has 1 aromatic carbocycles. The maximum atomic E-state index is 5.73. The van der Waals surface area contributed by atoms with Gasteiger partial charge in [0.25, 0.3) is 11.8 Å². The maximum Gasteiger partial charge on any atom is 0.266 e. The van der Waals surface area contributed by atoms with Crippen molar-refractivity contribution in [3.63, 3.8) is 0 Å². The maximum absolute atomic E-state index is 5.73. The van der Waals surface area contributed by atoms with Gasteiger partial charge in [-0.05, 0) is 30.1 Å². The summed E-state index contributed by atoms with van der Waals surface area (Å²) in [6.07, 6.45) is 2.35. The van der Waals surface area contributed by atoms with Crippen LogP contribution in [0.5, 0.6) is 5.75 Å². The second kappa shape index (κ2) is 4.79. The highest BCUT2D eigenvalue weighted by atomic mass is 16.5. The fourth-order valence-corrected chi connectivity index (χ4v) is 2.26. The first kappa shape index (κ1) is 11.8. The largest absolute Gasteiger partial charge is 0.496 e. The zero-order valence-corrected chi connectivity index (χ0v) is 10.8. The molecule has 0 aliphatic carbocycles. The van der Waals surface area contributed by atoms with Crippen LogP contribution >= 0.6 is 0 Å². The Bertz CT molecular complexity index is 576. The summed E-state index contributed by atoms with van der Waals surface area (Å²) in [5, 5.41) is 4.03. The number of nitrogens with zero attached hydrogens (tertiary/aromatic N) is 3. The van der Waals surface area contributed by atoms with Crippen LogP contribution in [0.25, 0.3) is 11.5 Å². The molecule has 1 aliphatic heterocycles. The highest BCUT2D eigenvalue weighted by Gasteiger charge is 2.20. The molecule has 1 aromatic heterocycles. The lowest BCUT2D eigenvalue weighted by molar-refractivity contribution is 0.405. The molecule has 6 heteroatoms. The minimum atomic E-state index is 0.457. The van der Waals surface area contributed by atoms with E-state index in [1.165, 1.54) is 12.8 Å². The summed E-state index contributed by atoms with van der Waals surface area (Å²) in [4.78, 5) is 6.55. The molecule has 1 aliphatic rings. The SMILES string of the molecule is COc1cc(N)ccc1-c1nc(N2CCCC2)no1. The van der Waals surface area contributed by atoms with Crippen LogP contribution in [0.15, 0.2) is 22.7 Å². The lowest BCUT2D eigenvalue weighted by Gasteiger charge is -2.09. The van der Waals surface area contributed by atoms with Crippen LogP contribution in [0.4, 0.5) is 11.6 Å². The summed E-state index contributed by atoms with van der Waals surface area (Å²) in [7, 11) is 1.59. The van der Waals surface area contributed by atoms with E-state index in [-0.39, 0.29) is 0 Å². The van der Waals surface area contributed by atoms with E-state index in [1.807, 2.05) is 6.07 Å². The molecule has 100 valence electrons. The van der Waals surface area contributed by atoms with Crippen molar-refractivity contribution in [3.05, 3.63) is 18.2 Å². The van der Waals surface area contributed by atoms with Crippen LogP contribution < -0.4 is 15.4 Å². The Kier molecular flexibility index (Phi) is 2.98. The Morgan fingerprint density at radius 2 is 2.11 bits per heavy atom. The average Bonchev–Trinajstić information content (AvgIpc) is 3.09. The molecule has 19 heavy (non-hydrogen) atoms. The monoisotopic (exact) mass is 260 g/mol. The highest BCUT2D eigenvalue weighted by Crippen LogP contribution is 2.31. The quantitative estimate of drug-likeness (QED) is 0.850. The molecular weight excluding hydrogens is 244 g/mol. The molecule has 0 spiro atoms. The first-order valence-electron chi connectivity index (χ1n) is 6.30. The van der Waals surface area contributed by atoms with Crippen molar-refractivity contribution in [3.8, 4) is 17.2 Å². The lowest BCUT2D eigenvalue weighted by Crippen LogP contribution is -2.18. The topological polar surface area (TPSA) is 77.4 Å². The molecule has 2 heterocycles. The predicted octanol–water partition coefficient (Wildman–Crippen LogP) is 1.93. The number of rotatable bonds is 3. The van der Waals surface area contributed by atoms with E-state index in [1.54, 1.807) is 19.2 Å². The van der Waals surface area contributed by atoms with Gasteiger partial charge in [-0.2, -0.15) is 4.98 Å². The predicted molar refractivity (Wildman–Crippen MR) is 72.1 cm³/mol. The zero-order valence-electron chi connectivity index (χ0n) is 10.8. The number of anilines is 2. The van der Waals surface area contributed by atoms with Gasteiger partial charge in [-0.1, -0.05) is 0 Å². The normalized spacial score (nSPS) is 14.9. The summed E-state index contributed by atoms with van der Waals surface area (Å²) in [5.41, 5.74) is 7.13. The number of hydrogen-bond donors (Lipinski definition) is 1. The van der Waals surface area contributed by atoms with Gasteiger partial charge in [-0.25, -0.2) is 0 Å². The number of nitrogens with two attached hydrogens (primary N) is 1.